The third kappa shape index (κ3) is 4.88. The Kier molecular flexibility index (Phi) is 5.99. The fourth-order valence-corrected chi connectivity index (χ4v) is 3.04. The molecule has 136 valence electrons. The van der Waals surface area contributed by atoms with Crippen molar-refractivity contribution in [2.45, 2.75) is 32.0 Å². The van der Waals surface area contributed by atoms with E-state index in [2.05, 4.69) is 40.7 Å². The highest BCUT2D eigenvalue weighted by Crippen LogP contribution is 2.19. The van der Waals surface area contributed by atoms with E-state index in [4.69, 9.17) is 0 Å². The van der Waals surface area contributed by atoms with E-state index in [1.807, 2.05) is 55.7 Å². The van der Waals surface area contributed by atoms with Crippen molar-refractivity contribution in [1.82, 2.24) is 15.6 Å². The summed E-state index contributed by atoms with van der Waals surface area (Å²) in [6.45, 7) is 6.12. The molecule has 4 heteroatoms. The van der Waals surface area contributed by atoms with Crippen LogP contribution < -0.4 is 10.6 Å². The van der Waals surface area contributed by atoms with Gasteiger partial charge in [-0.3, -0.25) is 4.98 Å². The van der Waals surface area contributed by atoms with E-state index in [9.17, 15) is 5.11 Å². The van der Waals surface area contributed by atoms with Crippen LogP contribution in [0.3, 0.4) is 0 Å². The molecule has 0 aliphatic carbocycles. The molecule has 4 nitrogen and oxygen atoms in total. The summed E-state index contributed by atoms with van der Waals surface area (Å²) in [4.78, 5) is 4.15. The molecule has 26 heavy (non-hydrogen) atoms. The quantitative estimate of drug-likeness (QED) is 0.584. The predicted molar refractivity (Wildman–Crippen MR) is 107 cm³/mol. The van der Waals surface area contributed by atoms with E-state index in [-0.39, 0.29) is 0 Å². The molecule has 1 heterocycles. The summed E-state index contributed by atoms with van der Waals surface area (Å²) < 4.78 is 0. The van der Waals surface area contributed by atoms with Crippen LogP contribution in [0.4, 0.5) is 0 Å². The molecule has 2 aromatic carbocycles. The van der Waals surface area contributed by atoms with Crippen LogP contribution in [0.15, 0.2) is 67.0 Å². The van der Waals surface area contributed by atoms with Gasteiger partial charge in [0.05, 0.1) is 5.60 Å². The zero-order valence-electron chi connectivity index (χ0n) is 15.4. The van der Waals surface area contributed by atoms with Crippen LogP contribution in [0, 0.1) is 0 Å². The number of rotatable bonds is 8. The van der Waals surface area contributed by atoms with Gasteiger partial charge >= 0.3 is 0 Å². The van der Waals surface area contributed by atoms with Crippen molar-refractivity contribution >= 4 is 10.8 Å². The molecule has 3 aromatic rings. The zero-order valence-corrected chi connectivity index (χ0v) is 15.4. The lowest BCUT2D eigenvalue weighted by atomic mass is 9.96. The maximum Gasteiger partial charge on any atom is 0.0992 e. The Labute approximate surface area is 155 Å². The van der Waals surface area contributed by atoms with Crippen LogP contribution in [0.2, 0.25) is 0 Å². The molecule has 3 rings (SSSR count). The van der Waals surface area contributed by atoms with Crippen LogP contribution in [0.5, 0.6) is 0 Å². The van der Waals surface area contributed by atoms with Gasteiger partial charge in [0.1, 0.15) is 0 Å². The number of hydrogen-bond donors (Lipinski definition) is 3. The van der Waals surface area contributed by atoms with Gasteiger partial charge in [-0.1, -0.05) is 42.5 Å². The minimum atomic E-state index is -0.868. The Morgan fingerprint density at radius 1 is 1.08 bits per heavy atom. The number of pyridine rings is 1. The zero-order chi connectivity index (χ0) is 18.4. The summed E-state index contributed by atoms with van der Waals surface area (Å²) in [5.41, 5.74) is 1.32. The first-order valence-electron chi connectivity index (χ1n) is 9.09. The SMILES string of the molecule is C[C@H](CNC[C@@](C)(O)c1ccccc1)NCc1ccc2cnccc2c1. The fourth-order valence-electron chi connectivity index (χ4n) is 3.04. The second-order valence-corrected chi connectivity index (χ2v) is 7.11. The number of benzene rings is 2. The maximum absolute atomic E-state index is 10.6. The van der Waals surface area contributed by atoms with Crippen LogP contribution >= 0.6 is 0 Å². The van der Waals surface area contributed by atoms with E-state index in [1.54, 1.807) is 0 Å². The van der Waals surface area contributed by atoms with Crippen molar-refractivity contribution < 1.29 is 5.11 Å². The van der Waals surface area contributed by atoms with Gasteiger partial charge in [-0.05, 0) is 42.5 Å². The second-order valence-electron chi connectivity index (χ2n) is 7.11. The van der Waals surface area contributed by atoms with E-state index in [1.165, 1.54) is 10.9 Å². The van der Waals surface area contributed by atoms with Crippen molar-refractivity contribution in [3.8, 4) is 0 Å². The minimum absolute atomic E-state index is 0.301. The summed E-state index contributed by atoms with van der Waals surface area (Å²) in [6.07, 6.45) is 3.71. The van der Waals surface area contributed by atoms with Crippen molar-refractivity contribution in [2.24, 2.45) is 0 Å². The third-order valence-corrected chi connectivity index (χ3v) is 4.68. The Hall–Kier alpha value is -2.27. The third-order valence-electron chi connectivity index (χ3n) is 4.68. The highest BCUT2D eigenvalue weighted by Gasteiger charge is 2.22. The summed E-state index contributed by atoms with van der Waals surface area (Å²) in [5, 5.41) is 19.9. The van der Waals surface area contributed by atoms with Crippen molar-refractivity contribution in [2.75, 3.05) is 13.1 Å². The standard InChI is InChI=1S/C22H27N3O/c1-17(13-24-16-22(2,26)21-6-4-3-5-7-21)25-14-18-8-9-20-15-23-11-10-19(20)12-18/h3-12,15,17,24-26H,13-14,16H2,1-2H3/t17-,22-/m1/s1. The molecular weight excluding hydrogens is 322 g/mol. The molecule has 0 saturated heterocycles. The van der Waals surface area contributed by atoms with Gasteiger partial charge in [-0.25, -0.2) is 0 Å². The average molecular weight is 349 g/mol. The molecule has 0 aliphatic heterocycles. The summed E-state index contributed by atoms with van der Waals surface area (Å²) in [5.74, 6) is 0. The Morgan fingerprint density at radius 3 is 2.69 bits per heavy atom. The van der Waals surface area contributed by atoms with Crippen LogP contribution in [0.1, 0.15) is 25.0 Å². The van der Waals surface area contributed by atoms with Gasteiger partial charge in [0.15, 0.2) is 0 Å². The van der Waals surface area contributed by atoms with Gasteiger partial charge in [-0.15, -0.1) is 0 Å². The molecule has 0 saturated carbocycles. The van der Waals surface area contributed by atoms with Gasteiger partial charge < -0.3 is 15.7 Å². The summed E-state index contributed by atoms with van der Waals surface area (Å²) in [6, 6.07) is 18.6. The van der Waals surface area contributed by atoms with E-state index >= 15 is 0 Å². The summed E-state index contributed by atoms with van der Waals surface area (Å²) in [7, 11) is 0. The lowest BCUT2D eigenvalue weighted by Gasteiger charge is -2.25. The molecule has 0 fully saturated rings. The van der Waals surface area contributed by atoms with Crippen LogP contribution in [-0.4, -0.2) is 29.2 Å². The number of fused-ring (bicyclic) bond motifs is 1. The Bertz CT molecular complexity index is 833. The molecule has 3 N–H and O–H groups in total. The lowest BCUT2D eigenvalue weighted by molar-refractivity contribution is 0.0566. The molecule has 0 unspecified atom stereocenters. The molecule has 0 aliphatic rings. The first-order valence-corrected chi connectivity index (χ1v) is 9.09. The number of nitrogens with one attached hydrogen (secondary N) is 2. The second kappa shape index (κ2) is 8.41. The van der Waals surface area contributed by atoms with E-state index in [0.29, 0.717) is 12.6 Å². The predicted octanol–water partition coefficient (Wildman–Crippen LogP) is 3.21. The normalized spacial score (nSPS) is 14.9. The monoisotopic (exact) mass is 349 g/mol. The number of aromatic nitrogens is 1. The number of nitrogens with zero attached hydrogens (tertiary/aromatic N) is 1. The maximum atomic E-state index is 10.6. The molecule has 2 atom stereocenters. The van der Waals surface area contributed by atoms with Crippen molar-refractivity contribution in [3.05, 3.63) is 78.1 Å². The smallest absolute Gasteiger partial charge is 0.0992 e. The van der Waals surface area contributed by atoms with Crippen LogP contribution in [-0.2, 0) is 12.1 Å². The van der Waals surface area contributed by atoms with Crippen LogP contribution in [0.25, 0.3) is 10.8 Å². The van der Waals surface area contributed by atoms with E-state index < -0.39 is 5.60 Å². The van der Waals surface area contributed by atoms with Gasteiger partial charge in [0, 0.05) is 43.5 Å². The molecule has 1 aromatic heterocycles. The molecule has 0 spiro atoms. The molecule has 0 amide bonds. The van der Waals surface area contributed by atoms with Crippen molar-refractivity contribution in [1.29, 1.82) is 0 Å². The Balaban J connectivity index is 1.46. The van der Waals surface area contributed by atoms with Gasteiger partial charge in [-0.2, -0.15) is 0 Å². The Morgan fingerprint density at radius 2 is 1.88 bits per heavy atom. The molecular formula is C22H27N3O. The van der Waals surface area contributed by atoms with E-state index in [0.717, 1.165) is 24.0 Å². The highest BCUT2D eigenvalue weighted by atomic mass is 16.3. The number of aliphatic hydroxyl groups is 1. The van der Waals surface area contributed by atoms with Gasteiger partial charge in [0.2, 0.25) is 0 Å². The largest absolute Gasteiger partial charge is 0.384 e. The minimum Gasteiger partial charge on any atom is -0.384 e. The lowest BCUT2D eigenvalue weighted by Crippen LogP contribution is -2.42. The average Bonchev–Trinajstić information content (AvgIpc) is 2.67. The van der Waals surface area contributed by atoms with Crippen molar-refractivity contribution in [3.63, 3.8) is 0 Å². The molecule has 0 bridgehead atoms. The first kappa shape index (κ1) is 18.5. The first-order chi connectivity index (χ1) is 12.5. The highest BCUT2D eigenvalue weighted by molar-refractivity contribution is 5.81. The van der Waals surface area contributed by atoms with Gasteiger partial charge in [0.25, 0.3) is 0 Å². The topological polar surface area (TPSA) is 57.2 Å². The number of hydrogen-bond acceptors (Lipinski definition) is 4. The molecule has 0 radical (unpaired) electrons. The summed E-state index contributed by atoms with van der Waals surface area (Å²) >= 11 is 0. The fraction of sp³-hybridized carbons (Fsp3) is 0.318.